The Morgan fingerprint density at radius 3 is 2.85 bits per heavy atom. The Morgan fingerprint density at radius 1 is 1.77 bits per heavy atom. The Labute approximate surface area is 77.1 Å². The van der Waals surface area contributed by atoms with Crippen molar-refractivity contribution in [2.24, 2.45) is 10.8 Å². The quantitative estimate of drug-likeness (QED) is 0.196. The number of carbonyl (C=O) groups is 1. The second kappa shape index (κ2) is 4.08. The van der Waals surface area contributed by atoms with Crippen LogP contribution < -0.4 is 16.6 Å². The molecular formula is C7H15N5O. The van der Waals surface area contributed by atoms with E-state index in [1.54, 1.807) is 19.0 Å². The van der Waals surface area contributed by atoms with Crippen molar-refractivity contribution < 1.29 is 4.79 Å². The predicted molar refractivity (Wildman–Crippen MR) is 49.9 cm³/mol. The molecular weight excluding hydrogens is 170 g/mol. The third kappa shape index (κ3) is 2.09. The van der Waals surface area contributed by atoms with Gasteiger partial charge in [0.15, 0.2) is 0 Å². The molecule has 4 N–H and O–H groups in total. The van der Waals surface area contributed by atoms with Crippen molar-refractivity contribution in [3.05, 3.63) is 0 Å². The third-order valence-electron chi connectivity index (χ3n) is 2.10. The summed E-state index contributed by atoms with van der Waals surface area (Å²) in [5.41, 5.74) is 2.38. The third-order valence-corrected chi connectivity index (χ3v) is 2.10. The molecule has 1 aliphatic rings. The van der Waals surface area contributed by atoms with Gasteiger partial charge in [0, 0.05) is 20.6 Å². The van der Waals surface area contributed by atoms with E-state index in [-0.39, 0.29) is 11.9 Å². The molecule has 0 bridgehead atoms. The normalized spacial score (nSPS) is 23.6. The van der Waals surface area contributed by atoms with Gasteiger partial charge in [-0.3, -0.25) is 15.2 Å². The van der Waals surface area contributed by atoms with Crippen LogP contribution in [0.4, 0.5) is 0 Å². The summed E-state index contributed by atoms with van der Waals surface area (Å²) < 4.78 is 0. The number of guanidine groups is 1. The highest BCUT2D eigenvalue weighted by Gasteiger charge is 2.29. The zero-order valence-electron chi connectivity index (χ0n) is 7.87. The van der Waals surface area contributed by atoms with Gasteiger partial charge in [-0.2, -0.15) is 0 Å². The van der Waals surface area contributed by atoms with Gasteiger partial charge in [-0.1, -0.05) is 0 Å². The molecule has 0 spiro atoms. The molecule has 13 heavy (non-hydrogen) atoms. The summed E-state index contributed by atoms with van der Waals surface area (Å²) in [5.74, 6) is 5.69. The van der Waals surface area contributed by atoms with Gasteiger partial charge in [0.05, 0.1) is 0 Å². The highest BCUT2D eigenvalue weighted by Crippen LogP contribution is 2.07. The number of carbonyl (C=O) groups excluding carboxylic acids is 1. The Balaban J connectivity index is 2.51. The van der Waals surface area contributed by atoms with Gasteiger partial charge in [0.2, 0.25) is 11.9 Å². The molecule has 0 saturated carbocycles. The van der Waals surface area contributed by atoms with E-state index in [0.29, 0.717) is 5.96 Å². The van der Waals surface area contributed by atoms with Crippen molar-refractivity contribution in [1.82, 2.24) is 15.6 Å². The molecule has 1 heterocycles. The molecule has 1 amide bonds. The Kier molecular flexibility index (Phi) is 3.07. The lowest BCUT2D eigenvalue weighted by Crippen LogP contribution is -2.48. The minimum absolute atomic E-state index is 0.0800. The summed E-state index contributed by atoms with van der Waals surface area (Å²) in [6.07, 6.45) is 0.788. The van der Waals surface area contributed by atoms with Crippen LogP contribution in [0, 0.1) is 0 Å². The van der Waals surface area contributed by atoms with E-state index in [0.717, 1.165) is 13.0 Å². The molecule has 0 aromatic heterocycles. The van der Waals surface area contributed by atoms with Crippen LogP contribution in [0.15, 0.2) is 4.99 Å². The summed E-state index contributed by atoms with van der Waals surface area (Å²) in [5, 5.41) is 2.92. The van der Waals surface area contributed by atoms with Crippen molar-refractivity contribution in [3.63, 3.8) is 0 Å². The lowest BCUT2D eigenvalue weighted by Gasteiger charge is -2.13. The fourth-order valence-electron chi connectivity index (χ4n) is 1.29. The number of likely N-dealkylation sites (tertiary alicyclic amines) is 1. The van der Waals surface area contributed by atoms with Gasteiger partial charge in [0.25, 0.3) is 0 Å². The second-order valence-electron chi connectivity index (χ2n) is 2.96. The first-order chi connectivity index (χ1) is 6.19. The lowest BCUT2D eigenvalue weighted by atomic mass is 10.2. The summed E-state index contributed by atoms with van der Waals surface area (Å²) in [6.45, 7) is 0.776. The average Bonchev–Trinajstić information content (AvgIpc) is 2.45. The lowest BCUT2D eigenvalue weighted by molar-refractivity contribution is -0.127. The highest BCUT2D eigenvalue weighted by molar-refractivity contribution is 5.89. The Morgan fingerprint density at radius 2 is 2.46 bits per heavy atom. The van der Waals surface area contributed by atoms with E-state index in [1.165, 1.54) is 0 Å². The maximum atomic E-state index is 11.4. The number of aliphatic imine (C=N–C) groups is 1. The fraction of sp³-hybridized carbons (Fsp3) is 0.714. The number of nitrogens with two attached hydrogens (primary N) is 1. The first-order valence-corrected chi connectivity index (χ1v) is 4.14. The molecule has 0 aliphatic carbocycles. The van der Waals surface area contributed by atoms with Crippen molar-refractivity contribution in [1.29, 1.82) is 0 Å². The number of hydrogen-bond acceptors (Lipinski definition) is 3. The number of hydrazine groups is 1. The van der Waals surface area contributed by atoms with Crippen LogP contribution in [0.25, 0.3) is 0 Å². The van der Waals surface area contributed by atoms with Crippen molar-refractivity contribution in [2.75, 3.05) is 20.6 Å². The van der Waals surface area contributed by atoms with Gasteiger partial charge in [0.1, 0.15) is 6.04 Å². The zero-order chi connectivity index (χ0) is 9.84. The average molecular weight is 185 g/mol. The van der Waals surface area contributed by atoms with Crippen LogP contribution in [0.2, 0.25) is 0 Å². The van der Waals surface area contributed by atoms with E-state index >= 15 is 0 Å². The highest BCUT2D eigenvalue weighted by atomic mass is 16.2. The van der Waals surface area contributed by atoms with E-state index < -0.39 is 0 Å². The molecule has 1 atom stereocenters. The first-order valence-electron chi connectivity index (χ1n) is 4.14. The number of amides is 1. The molecule has 1 aliphatic heterocycles. The standard InChI is InChI=1S/C7H15N5O/c1-9-7(11-8)10-5-3-4-12(2)6(5)13/h5H,3-4,8H2,1-2H3,(H2,9,10,11). The molecule has 1 fully saturated rings. The molecule has 0 aromatic rings. The van der Waals surface area contributed by atoms with Gasteiger partial charge >= 0.3 is 0 Å². The molecule has 6 heteroatoms. The number of nitrogens with one attached hydrogen (secondary N) is 2. The number of rotatable bonds is 1. The van der Waals surface area contributed by atoms with Crippen LogP contribution in [0.1, 0.15) is 6.42 Å². The van der Waals surface area contributed by atoms with E-state index in [2.05, 4.69) is 15.7 Å². The topological polar surface area (TPSA) is 82.8 Å². The van der Waals surface area contributed by atoms with Gasteiger partial charge in [-0.05, 0) is 6.42 Å². The monoisotopic (exact) mass is 185 g/mol. The number of likely N-dealkylation sites (N-methyl/N-ethyl adjacent to an activating group) is 1. The minimum atomic E-state index is -0.195. The molecule has 1 rings (SSSR count). The molecule has 0 radical (unpaired) electrons. The Bertz CT molecular complexity index is 227. The molecule has 74 valence electrons. The molecule has 1 saturated heterocycles. The summed E-state index contributed by atoms with van der Waals surface area (Å²) in [7, 11) is 3.38. The van der Waals surface area contributed by atoms with Crippen LogP contribution in [0.5, 0.6) is 0 Å². The summed E-state index contributed by atoms with van der Waals surface area (Å²) in [6, 6.07) is -0.195. The predicted octanol–water partition coefficient (Wildman–Crippen LogP) is -1.74. The van der Waals surface area contributed by atoms with E-state index in [9.17, 15) is 4.79 Å². The van der Waals surface area contributed by atoms with Gasteiger partial charge in [-0.25, -0.2) is 5.84 Å². The summed E-state index contributed by atoms with van der Waals surface area (Å²) >= 11 is 0. The SMILES string of the molecule is CN=C(NN)NC1CCN(C)C1=O. The van der Waals surface area contributed by atoms with Crippen LogP contribution in [-0.2, 0) is 4.79 Å². The van der Waals surface area contributed by atoms with Gasteiger partial charge in [-0.15, -0.1) is 0 Å². The second-order valence-corrected chi connectivity index (χ2v) is 2.96. The van der Waals surface area contributed by atoms with Crippen LogP contribution in [-0.4, -0.2) is 43.4 Å². The molecule has 1 unspecified atom stereocenters. The maximum absolute atomic E-state index is 11.4. The van der Waals surface area contributed by atoms with Crippen LogP contribution in [0.3, 0.4) is 0 Å². The van der Waals surface area contributed by atoms with Crippen LogP contribution >= 0.6 is 0 Å². The van der Waals surface area contributed by atoms with Crippen molar-refractivity contribution in [2.45, 2.75) is 12.5 Å². The van der Waals surface area contributed by atoms with E-state index in [1.807, 2.05) is 0 Å². The Hall–Kier alpha value is -1.30. The van der Waals surface area contributed by atoms with Crippen molar-refractivity contribution in [3.8, 4) is 0 Å². The maximum Gasteiger partial charge on any atom is 0.244 e. The minimum Gasteiger partial charge on any atom is -0.344 e. The number of hydrogen-bond donors (Lipinski definition) is 3. The smallest absolute Gasteiger partial charge is 0.244 e. The fourth-order valence-corrected chi connectivity index (χ4v) is 1.29. The first kappa shape index (κ1) is 9.79. The molecule has 6 nitrogen and oxygen atoms in total. The summed E-state index contributed by atoms with van der Waals surface area (Å²) in [4.78, 5) is 16.9. The zero-order valence-corrected chi connectivity index (χ0v) is 7.87. The largest absolute Gasteiger partial charge is 0.344 e. The molecule has 0 aromatic carbocycles. The van der Waals surface area contributed by atoms with Crippen molar-refractivity contribution >= 4 is 11.9 Å². The van der Waals surface area contributed by atoms with Gasteiger partial charge < -0.3 is 10.2 Å². The van der Waals surface area contributed by atoms with E-state index in [4.69, 9.17) is 5.84 Å². The number of nitrogens with zero attached hydrogens (tertiary/aromatic N) is 2.